The van der Waals surface area contributed by atoms with Gasteiger partial charge in [0.05, 0.1) is 59.3 Å². The maximum atomic E-state index is 13.5. The van der Waals surface area contributed by atoms with Gasteiger partial charge >= 0.3 is 12.1 Å². The van der Waals surface area contributed by atoms with Crippen LogP contribution in [0.15, 0.2) is 48.5 Å². The van der Waals surface area contributed by atoms with Crippen molar-refractivity contribution in [1.29, 1.82) is 0 Å². The second kappa shape index (κ2) is 17.5. The average molecular weight is 654 g/mol. The minimum atomic E-state index is -2.35. The molecule has 0 unspecified atom stereocenters. The smallest absolute Gasteiger partial charge is 0.407 e. The van der Waals surface area contributed by atoms with E-state index >= 15 is 0 Å². The number of carbonyl (C=O) groups excluding carboxylic acids is 2. The molecule has 9 nitrogen and oxygen atoms in total. The molecule has 14 heteroatoms. The monoisotopic (exact) mass is 653 g/mol. The predicted octanol–water partition coefficient (Wildman–Crippen LogP) is 5.28. The number of ether oxygens (including phenoxy) is 6. The zero-order valence-electron chi connectivity index (χ0n) is 24.6. The fourth-order valence-electron chi connectivity index (χ4n) is 4.63. The van der Waals surface area contributed by atoms with E-state index < -0.39 is 53.3 Å². The van der Waals surface area contributed by atoms with Crippen molar-refractivity contribution in [2.45, 2.75) is 12.3 Å². The molecule has 0 heterocycles. The molecular formula is C32H32F5NO8. The minimum Gasteiger partial charge on any atom is -0.449 e. The van der Waals surface area contributed by atoms with Gasteiger partial charge in [-0.2, -0.15) is 8.78 Å². The van der Waals surface area contributed by atoms with Crippen LogP contribution in [-0.2, 0) is 28.5 Å². The zero-order chi connectivity index (χ0) is 32.9. The van der Waals surface area contributed by atoms with Crippen molar-refractivity contribution in [2.24, 2.45) is 0 Å². The molecule has 0 aromatic heterocycles. The van der Waals surface area contributed by atoms with E-state index in [2.05, 4.69) is 34.3 Å². The van der Waals surface area contributed by atoms with Crippen molar-refractivity contribution in [2.75, 3.05) is 66.0 Å². The van der Waals surface area contributed by atoms with Crippen molar-refractivity contribution < 1.29 is 60.0 Å². The van der Waals surface area contributed by atoms with E-state index in [0.717, 1.165) is 22.3 Å². The number of alkyl carbamates (subject to hydrolysis) is 1. The molecule has 3 aromatic rings. The molecular weight excluding hydrogens is 621 g/mol. The van der Waals surface area contributed by atoms with Gasteiger partial charge in [0.25, 0.3) is 0 Å². The number of fused-ring (bicyclic) bond motifs is 3. The Morgan fingerprint density at radius 3 is 1.61 bits per heavy atom. The van der Waals surface area contributed by atoms with Crippen LogP contribution in [0.1, 0.15) is 23.5 Å². The molecule has 248 valence electrons. The first-order chi connectivity index (χ1) is 22.3. The summed E-state index contributed by atoms with van der Waals surface area (Å²) >= 11 is 0. The van der Waals surface area contributed by atoms with Gasteiger partial charge in [0.2, 0.25) is 34.8 Å². The molecule has 0 atom stereocenters. The Morgan fingerprint density at radius 1 is 0.609 bits per heavy atom. The highest BCUT2D eigenvalue weighted by molar-refractivity contribution is 5.79. The summed E-state index contributed by atoms with van der Waals surface area (Å²) in [6, 6.07) is 16.2. The second-order valence-electron chi connectivity index (χ2n) is 9.82. The number of rotatable bonds is 18. The van der Waals surface area contributed by atoms with Gasteiger partial charge in [-0.15, -0.1) is 0 Å². The highest BCUT2D eigenvalue weighted by atomic mass is 19.2. The van der Waals surface area contributed by atoms with Crippen LogP contribution in [0.25, 0.3) is 11.1 Å². The van der Waals surface area contributed by atoms with E-state index in [4.69, 9.17) is 23.7 Å². The summed E-state index contributed by atoms with van der Waals surface area (Å²) in [5.41, 5.74) is 4.59. The van der Waals surface area contributed by atoms with E-state index in [1.54, 1.807) is 0 Å². The summed E-state index contributed by atoms with van der Waals surface area (Å²) in [5.74, 6) is -14.2. The molecule has 1 aliphatic carbocycles. The molecule has 0 bridgehead atoms. The lowest BCUT2D eigenvalue weighted by Crippen LogP contribution is -2.29. The van der Waals surface area contributed by atoms with Crippen molar-refractivity contribution >= 4 is 12.1 Å². The number of nitrogens with one attached hydrogen (secondary N) is 1. The lowest BCUT2D eigenvalue weighted by Gasteiger charge is -2.14. The third-order valence-electron chi connectivity index (χ3n) is 6.81. The molecule has 0 fully saturated rings. The Bertz CT molecular complexity index is 1420. The van der Waals surface area contributed by atoms with E-state index in [9.17, 15) is 31.5 Å². The lowest BCUT2D eigenvalue weighted by atomic mass is 9.98. The van der Waals surface area contributed by atoms with Crippen LogP contribution in [0.3, 0.4) is 0 Å². The standard InChI is InChI=1S/C32H32F5NO8/c33-26-27(34)29(36)31(30(37)28(26)35)46-25(39)9-11-41-13-15-43-17-18-44-16-14-42-12-10-38-32(40)45-19-24-22-7-3-1-5-20(22)21-6-2-4-8-23(21)24/h1-8,24H,9-19H2,(H,38,40). The molecule has 1 aliphatic rings. The van der Waals surface area contributed by atoms with Gasteiger partial charge in [-0.25, -0.2) is 18.0 Å². The van der Waals surface area contributed by atoms with Gasteiger partial charge in [0.1, 0.15) is 6.61 Å². The molecule has 3 aromatic carbocycles. The van der Waals surface area contributed by atoms with Crippen molar-refractivity contribution in [3.8, 4) is 16.9 Å². The fraction of sp³-hybridized carbons (Fsp3) is 0.375. The first-order valence-corrected chi connectivity index (χ1v) is 14.4. The average Bonchev–Trinajstić information content (AvgIpc) is 3.39. The van der Waals surface area contributed by atoms with Gasteiger partial charge in [-0.3, -0.25) is 4.79 Å². The topological polar surface area (TPSA) is 102 Å². The normalized spacial score (nSPS) is 12.1. The Morgan fingerprint density at radius 2 is 1.07 bits per heavy atom. The van der Waals surface area contributed by atoms with Gasteiger partial charge in [-0.1, -0.05) is 48.5 Å². The Balaban J connectivity index is 0.947. The maximum absolute atomic E-state index is 13.5. The van der Waals surface area contributed by atoms with Gasteiger partial charge in [-0.05, 0) is 22.3 Å². The summed E-state index contributed by atoms with van der Waals surface area (Å²) in [7, 11) is 0. The lowest BCUT2D eigenvalue weighted by molar-refractivity contribution is -0.136. The van der Waals surface area contributed by atoms with Gasteiger partial charge in [0, 0.05) is 12.5 Å². The summed E-state index contributed by atoms with van der Waals surface area (Å²) in [6.07, 6.45) is -1.02. The van der Waals surface area contributed by atoms with Gasteiger partial charge in [0.15, 0.2) is 0 Å². The molecule has 1 amide bonds. The first-order valence-electron chi connectivity index (χ1n) is 14.4. The highest BCUT2D eigenvalue weighted by Crippen LogP contribution is 2.44. The fourth-order valence-corrected chi connectivity index (χ4v) is 4.63. The van der Waals surface area contributed by atoms with E-state index in [1.165, 1.54) is 0 Å². The van der Waals surface area contributed by atoms with Crippen LogP contribution in [0.4, 0.5) is 26.7 Å². The molecule has 0 saturated carbocycles. The number of benzene rings is 3. The van der Waals surface area contributed by atoms with Crippen LogP contribution in [0, 0.1) is 29.1 Å². The zero-order valence-corrected chi connectivity index (χ0v) is 24.6. The number of halogens is 5. The maximum Gasteiger partial charge on any atom is 0.407 e. The number of esters is 1. The Labute approximate surface area is 261 Å². The van der Waals surface area contributed by atoms with Crippen LogP contribution < -0.4 is 10.1 Å². The molecule has 4 rings (SSSR count). The Kier molecular flexibility index (Phi) is 13.3. The predicted molar refractivity (Wildman–Crippen MR) is 153 cm³/mol. The summed E-state index contributed by atoms with van der Waals surface area (Å²) in [6.45, 7) is 1.88. The number of carbonyl (C=O) groups is 2. The molecule has 1 N–H and O–H groups in total. The molecule has 46 heavy (non-hydrogen) atoms. The van der Waals surface area contributed by atoms with Crippen LogP contribution in [0.2, 0.25) is 0 Å². The third-order valence-corrected chi connectivity index (χ3v) is 6.81. The molecule has 0 saturated heterocycles. The van der Waals surface area contributed by atoms with Crippen LogP contribution >= 0.6 is 0 Å². The van der Waals surface area contributed by atoms with Crippen LogP contribution in [-0.4, -0.2) is 78.1 Å². The highest BCUT2D eigenvalue weighted by Gasteiger charge is 2.30. The summed E-state index contributed by atoms with van der Waals surface area (Å²) in [4.78, 5) is 23.8. The van der Waals surface area contributed by atoms with E-state index in [0.29, 0.717) is 13.2 Å². The van der Waals surface area contributed by atoms with E-state index in [-0.39, 0.29) is 58.7 Å². The summed E-state index contributed by atoms with van der Waals surface area (Å²) < 4.78 is 97.4. The molecule has 0 aliphatic heterocycles. The van der Waals surface area contributed by atoms with E-state index in [1.807, 2.05) is 24.3 Å². The van der Waals surface area contributed by atoms with Gasteiger partial charge < -0.3 is 33.7 Å². The van der Waals surface area contributed by atoms with Crippen molar-refractivity contribution in [3.63, 3.8) is 0 Å². The minimum absolute atomic E-state index is 0.0153. The number of hydrogen-bond acceptors (Lipinski definition) is 8. The largest absolute Gasteiger partial charge is 0.449 e. The number of amides is 1. The first kappa shape index (κ1) is 34.8. The SMILES string of the molecule is O=C(CCOCCOCCOCCOCCNC(=O)OCC1c2ccccc2-c2ccccc21)Oc1c(F)c(F)c(F)c(F)c1F. The third kappa shape index (κ3) is 9.22. The quantitative estimate of drug-likeness (QED) is 0.0495. The Hall–Kier alpha value is -4.11. The van der Waals surface area contributed by atoms with Crippen molar-refractivity contribution in [3.05, 3.63) is 88.7 Å². The summed E-state index contributed by atoms with van der Waals surface area (Å²) in [5, 5.41) is 2.67. The number of hydrogen-bond donors (Lipinski definition) is 1. The van der Waals surface area contributed by atoms with Crippen LogP contribution in [0.5, 0.6) is 5.75 Å². The molecule has 0 radical (unpaired) electrons. The second-order valence-corrected chi connectivity index (χ2v) is 9.82. The molecule has 0 spiro atoms. The van der Waals surface area contributed by atoms with Crippen molar-refractivity contribution in [1.82, 2.24) is 5.32 Å².